The number of nitrogens with zero attached hydrogens (tertiary/aromatic N) is 6. The summed E-state index contributed by atoms with van der Waals surface area (Å²) in [5, 5.41) is 4.82. The minimum Gasteiger partial charge on any atom is -0.480 e. The molecule has 0 spiro atoms. The number of hydrogen-bond acceptors (Lipinski definition) is 7. The molecule has 0 aliphatic carbocycles. The highest BCUT2D eigenvalue weighted by atomic mass is 35.5. The predicted molar refractivity (Wildman–Crippen MR) is 122 cm³/mol. The number of amides is 1. The van der Waals surface area contributed by atoms with Crippen LogP contribution in [0.25, 0.3) is 16.8 Å². The number of benzene rings is 1. The van der Waals surface area contributed by atoms with Crippen LogP contribution in [0.3, 0.4) is 0 Å². The Morgan fingerprint density at radius 1 is 1.15 bits per heavy atom. The lowest BCUT2D eigenvalue weighted by Crippen LogP contribution is -2.39. The first-order valence-electron chi connectivity index (χ1n) is 10.4. The third kappa shape index (κ3) is 3.74. The van der Waals surface area contributed by atoms with E-state index in [9.17, 15) is 4.79 Å². The van der Waals surface area contributed by atoms with E-state index >= 15 is 0 Å². The average Bonchev–Trinajstić information content (AvgIpc) is 3.26. The van der Waals surface area contributed by atoms with Gasteiger partial charge >= 0.3 is 6.01 Å². The highest BCUT2D eigenvalue weighted by Crippen LogP contribution is 2.35. The zero-order valence-corrected chi connectivity index (χ0v) is 19.1. The molecule has 0 saturated heterocycles. The Hall–Kier alpha value is -3.72. The smallest absolute Gasteiger partial charge is 0.319 e. The average molecular weight is 465 g/mol. The molecule has 0 N–H and O–H groups in total. The first-order valence-corrected chi connectivity index (χ1v) is 10.8. The van der Waals surface area contributed by atoms with Gasteiger partial charge in [0.2, 0.25) is 5.88 Å². The summed E-state index contributed by atoms with van der Waals surface area (Å²) in [5.74, 6) is 0.312. The number of rotatable bonds is 4. The van der Waals surface area contributed by atoms with Crippen molar-refractivity contribution in [3.63, 3.8) is 0 Å². The molecule has 1 aliphatic rings. The van der Waals surface area contributed by atoms with E-state index in [4.69, 9.17) is 21.1 Å². The van der Waals surface area contributed by atoms with Crippen molar-refractivity contribution in [1.82, 2.24) is 29.5 Å². The molecule has 10 heteroatoms. The molecule has 3 aromatic heterocycles. The minimum absolute atomic E-state index is 0.106. The van der Waals surface area contributed by atoms with Crippen LogP contribution >= 0.6 is 11.6 Å². The molecule has 0 radical (unpaired) electrons. The number of hydrogen-bond donors (Lipinski definition) is 0. The summed E-state index contributed by atoms with van der Waals surface area (Å²) < 4.78 is 12.0. The largest absolute Gasteiger partial charge is 0.480 e. The second-order valence-corrected chi connectivity index (χ2v) is 8.16. The van der Waals surface area contributed by atoms with Crippen LogP contribution in [0.15, 0.2) is 42.9 Å². The van der Waals surface area contributed by atoms with E-state index < -0.39 is 0 Å². The predicted octanol–water partition coefficient (Wildman–Crippen LogP) is 3.62. The van der Waals surface area contributed by atoms with Gasteiger partial charge in [0.1, 0.15) is 0 Å². The normalized spacial score (nSPS) is 15.4. The molecule has 1 amide bonds. The van der Waals surface area contributed by atoms with Crippen LogP contribution in [0, 0.1) is 0 Å². The Balaban J connectivity index is 1.43. The van der Waals surface area contributed by atoms with Crippen molar-refractivity contribution in [3.05, 3.63) is 64.7 Å². The monoisotopic (exact) mass is 464 g/mol. The van der Waals surface area contributed by atoms with Crippen molar-refractivity contribution in [2.24, 2.45) is 0 Å². The summed E-state index contributed by atoms with van der Waals surface area (Å²) in [7, 11) is 3.08. The van der Waals surface area contributed by atoms with Gasteiger partial charge in [0.15, 0.2) is 11.3 Å². The number of ether oxygens (including phenoxy) is 2. The third-order valence-corrected chi connectivity index (χ3v) is 6.06. The topological polar surface area (TPSA) is 94.7 Å². The Morgan fingerprint density at radius 2 is 2.00 bits per heavy atom. The van der Waals surface area contributed by atoms with E-state index in [1.807, 2.05) is 24.0 Å². The Labute approximate surface area is 195 Å². The zero-order valence-electron chi connectivity index (χ0n) is 18.3. The van der Waals surface area contributed by atoms with Crippen molar-refractivity contribution in [3.8, 4) is 23.0 Å². The van der Waals surface area contributed by atoms with Crippen molar-refractivity contribution >= 4 is 23.2 Å². The van der Waals surface area contributed by atoms with Crippen LogP contribution in [-0.2, 0) is 6.42 Å². The van der Waals surface area contributed by atoms with E-state index in [-0.39, 0.29) is 18.0 Å². The van der Waals surface area contributed by atoms with Gasteiger partial charge in [-0.15, -0.1) is 0 Å². The summed E-state index contributed by atoms with van der Waals surface area (Å²) in [6, 6.07) is 7.97. The number of carbonyl (C=O) groups is 1. The van der Waals surface area contributed by atoms with Gasteiger partial charge < -0.3 is 14.4 Å². The van der Waals surface area contributed by atoms with Crippen LogP contribution in [0.1, 0.15) is 34.6 Å². The molecule has 4 heterocycles. The molecule has 168 valence electrons. The summed E-state index contributed by atoms with van der Waals surface area (Å²) in [6.07, 6.45) is 5.58. The molecule has 0 saturated carbocycles. The lowest BCUT2D eigenvalue weighted by Gasteiger charge is -2.35. The fraction of sp³-hybridized carbons (Fsp3) is 0.261. The summed E-state index contributed by atoms with van der Waals surface area (Å²) in [5.41, 5.74) is 4.92. The first kappa shape index (κ1) is 21.1. The van der Waals surface area contributed by atoms with Crippen LogP contribution in [0.4, 0.5) is 0 Å². The number of carbonyl (C=O) groups excluding carboxylic acids is 1. The van der Waals surface area contributed by atoms with Gasteiger partial charge in [-0.2, -0.15) is 10.1 Å². The molecule has 1 unspecified atom stereocenters. The Kier molecular flexibility index (Phi) is 5.33. The fourth-order valence-electron chi connectivity index (χ4n) is 4.19. The number of aromatic nitrogens is 5. The van der Waals surface area contributed by atoms with Gasteiger partial charge in [-0.3, -0.25) is 4.79 Å². The highest BCUT2D eigenvalue weighted by molar-refractivity contribution is 6.30. The molecule has 9 nitrogen and oxygen atoms in total. The SMILES string of the molecule is COc1ncc(-c2ccc3c(c2)CCN(C(=O)c2cc4ncc(Cl)cn4n2)C3C)c(OC)n1. The standard InChI is InChI=1S/C23H21ClN6O3/c1-13-17-5-4-14(18-11-26-23(33-3)27-21(18)32-2)8-15(17)6-7-29(13)22(31)19-9-20-25-10-16(24)12-30(20)28-19/h4-5,8-13H,6-7H2,1-3H3. The van der Waals surface area contributed by atoms with Crippen LogP contribution < -0.4 is 9.47 Å². The summed E-state index contributed by atoms with van der Waals surface area (Å²) >= 11 is 5.99. The number of fused-ring (bicyclic) bond motifs is 2. The molecule has 1 atom stereocenters. The van der Waals surface area contributed by atoms with Gasteiger partial charge in [0, 0.05) is 25.0 Å². The Bertz CT molecular complexity index is 1370. The second kappa shape index (κ2) is 8.32. The van der Waals surface area contributed by atoms with Crippen molar-refractivity contribution in [1.29, 1.82) is 0 Å². The maximum Gasteiger partial charge on any atom is 0.319 e. The molecule has 0 bridgehead atoms. The number of methoxy groups -OCH3 is 2. The minimum atomic E-state index is -0.135. The van der Waals surface area contributed by atoms with Gasteiger partial charge in [-0.1, -0.05) is 29.8 Å². The van der Waals surface area contributed by atoms with Gasteiger partial charge in [0.25, 0.3) is 5.91 Å². The molecule has 1 aromatic carbocycles. The van der Waals surface area contributed by atoms with Crippen molar-refractivity contribution in [2.45, 2.75) is 19.4 Å². The quantitative estimate of drug-likeness (QED) is 0.455. The Morgan fingerprint density at radius 3 is 2.79 bits per heavy atom. The van der Waals surface area contributed by atoms with E-state index in [1.165, 1.54) is 23.4 Å². The zero-order chi connectivity index (χ0) is 23.1. The van der Waals surface area contributed by atoms with Gasteiger partial charge in [0.05, 0.1) is 37.0 Å². The van der Waals surface area contributed by atoms with Gasteiger partial charge in [-0.05, 0) is 30.0 Å². The third-order valence-electron chi connectivity index (χ3n) is 5.86. The second-order valence-electron chi connectivity index (χ2n) is 7.72. The number of halogens is 1. The highest BCUT2D eigenvalue weighted by Gasteiger charge is 2.30. The van der Waals surface area contributed by atoms with E-state index in [0.717, 1.165) is 23.1 Å². The van der Waals surface area contributed by atoms with E-state index in [1.54, 1.807) is 25.6 Å². The van der Waals surface area contributed by atoms with Crippen molar-refractivity contribution in [2.75, 3.05) is 20.8 Å². The lowest BCUT2D eigenvalue weighted by molar-refractivity contribution is 0.0671. The summed E-state index contributed by atoms with van der Waals surface area (Å²) in [6.45, 7) is 2.60. The molecule has 33 heavy (non-hydrogen) atoms. The molecule has 1 aliphatic heterocycles. The molecular formula is C23H21ClN6O3. The van der Waals surface area contributed by atoms with E-state index in [0.29, 0.717) is 28.8 Å². The molecule has 4 aromatic rings. The lowest BCUT2D eigenvalue weighted by atomic mass is 9.90. The summed E-state index contributed by atoms with van der Waals surface area (Å²) in [4.78, 5) is 27.8. The van der Waals surface area contributed by atoms with Gasteiger partial charge in [-0.25, -0.2) is 14.5 Å². The van der Waals surface area contributed by atoms with Crippen LogP contribution in [0.2, 0.25) is 5.02 Å². The molecular weight excluding hydrogens is 444 g/mol. The van der Waals surface area contributed by atoms with Crippen molar-refractivity contribution < 1.29 is 14.3 Å². The van der Waals surface area contributed by atoms with E-state index in [2.05, 4.69) is 26.1 Å². The fourth-order valence-corrected chi connectivity index (χ4v) is 4.33. The maximum absolute atomic E-state index is 13.3. The van der Waals surface area contributed by atoms with Crippen LogP contribution in [-0.4, -0.2) is 56.1 Å². The molecule has 5 rings (SSSR count). The maximum atomic E-state index is 13.3. The van der Waals surface area contributed by atoms with Crippen LogP contribution in [0.5, 0.6) is 11.9 Å². The first-order chi connectivity index (χ1) is 16.0. The molecule has 0 fully saturated rings.